The molecule has 1 aromatic rings. The minimum atomic E-state index is -0.178. The molecule has 2 nitrogen and oxygen atoms in total. The molecule has 0 radical (unpaired) electrons. The second-order valence-electron chi connectivity index (χ2n) is 5.27. The first-order valence-electron chi connectivity index (χ1n) is 6.65. The lowest BCUT2D eigenvalue weighted by Gasteiger charge is -2.34. The van der Waals surface area contributed by atoms with Crippen LogP contribution in [-0.2, 0) is 6.54 Å². The normalized spacial score (nSPS) is 26.9. The first kappa shape index (κ1) is 14.7. The molecule has 4 heteroatoms. The van der Waals surface area contributed by atoms with Gasteiger partial charge in [0.1, 0.15) is 5.82 Å². The Morgan fingerprint density at radius 3 is 2.79 bits per heavy atom. The first-order chi connectivity index (χ1) is 9.11. The minimum absolute atomic E-state index is 0.170. The van der Waals surface area contributed by atoms with Gasteiger partial charge in [0.25, 0.3) is 0 Å². The summed E-state index contributed by atoms with van der Waals surface area (Å²) in [6.45, 7) is 0.717. The van der Waals surface area contributed by atoms with E-state index in [1.54, 1.807) is 12.1 Å². The Labute approximate surface area is 127 Å². The Bertz CT molecular complexity index is 461. The summed E-state index contributed by atoms with van der Waals surface area (Å²) >= 11 is 2.44. The maximum Gasteiger partial charge on any atom is 0.123 e. The highest BCUT2D eigenvalue weighted by Gasteiger charge is 2.32. The van der Waals surface area contributed by atoms with Crippen LogP contribution in [0.5, 0.6) is 0 Å². The van der Waals surface area contributed by atoms with Crippen LogP contribution >= 0.6 is 22.6 Å². The minimum Gasteiger partial charge on any atom is -0.310 e. The van der Waals surface area contributed by atoms with Crippen LogP contribution in [0.1, 0.15) is 37.7 Å². The fourth-order valence-electron chi connectivity index (χ4n) is 2.57. The lowest BCUT2D eigenvalue weighted by molar-refractivity contribution is 0.330. The van der Waals surface area contributed by atoms with Crippen molar-refractivity contribution in [2.24, 2.45) is 0 Å². The third-order valence-corrected chi connectivity index (χ3v) is 5.22. The molecule has 1 aromatic carbocycles. The summed E-state index contributed by atoms with van der Waals surface area (Å²) in [4.78, 5) is 0. The number of nitrogens with zero attached hydrogens (tertiary/aromatic N) is 1. The number of alkyl halides is 1. The summed E-state index contributed by atoms with van der Waals surface area (Å²) < 4.78 is 13.2. The second kappa shape index (κ2) is 6.67. The molecule has 0 amide bonds. The van der Waals surface area contributed by atoms with Gasteiger partial charge in [0.05, 0.1) is 6.07 Å². The van der Waals surface area contributed by atoms with Gasteiger partial charge in [-0.2, -0.15) is 5.26 Å². The summed E-state index contributed by atoms with van der Waals surface area (Å²) in [5.74, 6) is -0.178. The highest BCUT2D eigenvalue weighted by Crippen LogP contribution is 2.39. The maximum absolute atomic E-state index is 13.1. The van der Waals surface area contributed by atoms with Gasteiger partial charge in [-0.1, -0.05) is 34.7 Å². The zero-order valence-electron chi connectivity index (χ0n) is 10.8. The van der Waals surface area contributed by atoms with Crippen LogP contribution in [0.2, 0.25) is 0 Å². The summed E-state index contributed by atoms with van der Waals surface area (Å²) in [6, 6.07) is 9.51. The molecule has 19 heavy (non-hydrogen) atoms. The van der Waals surface area contributed by atoms with Crippen LogP contribution in [0.15, 0.2) is 24.3 Å². The molecule has 0 aromatic heterocycles. The molecule has 0 unspecified atom stereocenters. The van der Waals surface area contributed by atoms with Gasteiger partial charge in [-0.05, 0) is 43.4 Å². The van der Waals surface area contributed by atoms with Crippen molar-refractivity contribution in [3.8, 4) is 6.07 Å². The molecule has 102 valence electrons. The first-order valence-corrected chi connectivity index (χ1v) is 7.73. The molecule has 0 atom stereocenters. The molecule has 0 aliphatic heterocycles. The van der Waals surface area contributed by atoms with Crippen LogP contribution in [0.3, 0.4) is 0 Å². The molecule has 1 saturated carbocycles. The lowest BCUT2D eigenvalue weighted by Crippen LogP contribution is -2.37. The van der Waals surface area contributed by atoms with Crippen molar-refractivity contribution in [3.05, 3.63) is 35.6 Å². The van der Waals surface area contributed by atoms with Crippen molar-refractivity contribution in [1.29, 1.82) is 5.26 Å². The van der Waals surface area contributed by atoms with Crippen LogP contribution in [0, 0.1) is 17.1 Å². The summed E-state index contributed by atoms with van der Waals surface area (Å²) in [5, 5.41) is 12.3. The Morgan fingerprint density at radius 2 is 2.16 bits per heavy atom. The molecular weight excluding hydrogens is 354 g/mol. The molecule has 0 bridgehead atoms. The molecule has 1 fully saturated rings. The summed E-state index contributed by atoms with van der Waals surface area (Å²) in [5.41, 5.74) is 0.989. The van der Waals surface area contributed by atoms with Gasteiger partial charge in [0.15, 0.2) is 0 Å². The van der Waals surface area contributed by atoms with Crippen LogP contribution in [0.4, 0.5) is 4.39 Å². The second-order valence-corrected chi connectivity index (χ2v) is 7.56. The fourth-order valence-corrected chi connectivity index (χ4v) is 3.36. The lowest BCUT2D eigenvalue weighted by atomic mass is 9.84. The molecule has 1 aliphatic rings. The van der Waals surface area contributed by atoms with E-state index in [0.717, 1.165) is 37.8 Å². The van der Waals surface area contributed by atoms with Gasteiger partial charge in [-0.15, -0.1) is 0 Å². The summed E-state index contributed by atoms with van der Waals surface area (Å²) in [6.07, 6.45) is 5.01. The molecular formula is C15H18FIN2. The zero-order chi connectivity index (χ0) is 13.7. The molecule has 1 N–H and O–H groups in total. The maximum atomic E-state index is 13.1. The van der Waals surface area contributed by atoms with Gasteiger partial charge in [0.2, 0.25) is 0 Å². The van der Waals surface area contributed by atoms with E-state index in [1.807, 2.05) is 6.07 Å². The number of nitriles is 1. The number of halogens is 2. The fraction of sp³-hybridized carbons (Fsp3) is 0.533. The third kappa shape index (κ3) is 4.43. The van der Waals surface area contributed by atoms with E-state index in [4.69, 9.17) is 5.26 Å². The zero-order valence-corrected chi connectivity index (χ0v) is 13.0. The highest BCUT2D eigenvalue weighted by atomic mass is 127. The molecule has 0 heterocycles. The molecule has 0 spiro atoms. The van der Waals surface area contributed by atoms with Gasteiger partial charge in [0, 0.05) is 22.4 Å². The highest BCUT2D eigenvalue weighted by molar-refractivity contribution is 14.1. The molecule has 0 saturated heterocycles. The average Bonchev–Trinajstić information content (AvgIpc) is 2.38. The van der Waals surface area contributed by atoms with E-state index in [9.17, 15) is 4.39 Å². The van der Waals surface area contributed by atoms with Crippen molar-refractivity contribution < 1.29 is 4.39 Å². The Balaban J connectivity index is 1.79. The molecule has 1 aliphatic carbocycles. The monoisotopic (exact) mass is 372 g/mol. The van der Waals surface area contributed by atoms with Crippen molar-refractivity contribution >= 4 is 22.6 Å². The largest absolute Gasteiger partial charge is 0.310 e. The van der Waals surface area contributed by atoms with Crippen LogP contribution < -0.4 is 5.32 Å². The topological polar surface area (TPSA) is 35.8 Å². The SMILES string of the molecule is N#CC[C@]1(I)CC[C@H](NCc2cccc(F)c2)CC1. The number of nitrogens with one attached hydrogen (secondary N) is 1. The number of rotatable bonds is 4. The van der Waals surface area contributed by atoms with Gasteiger partial charge < -0.3 is 5.32 Å². The Kier molecular flexibility index (Phi) is 5.17. The predicted molar refractivity (Wildman–Crippen MR) is 82.5 cm³/mol. The Morgan fingerprint density at radius 1 is 1.42 bits per heavy atom. The number of hydrogen-bond acceptors (Lipinski definition) is 2. The van der Waals surface area contributed by atoms with E-state index in [0.29, 0.717) is 12.5 Å². The van der Waals surface area contributed by atoms with Crippen LogP contribution in [0.25, 0.3) is 0 Å². The average molecular weight is 372 g/mol. The van der Waals surface area contributed by atoms with E-state index in [1.165, 1.54) is 6.07 Å². The van der Waals surface area contributed by atoms with Crippen molar-refractivity contribution in [2.75, 3.05) is 0 Å². The number of benzene rings is 1. The van der Waals surface area contributed by atoms with Crippen molar-refractivity contribution in [2.45, 2.75) is 48.1 Å². The van der Waals surface area contributed by atoms with E-state index >= 15 is 0 Å². The number of hydrogen-bond donors (Lipinski definition) is 1. The quantitative estimate of drug-likeness (QED) is 0.642. The van der Waals surface area contributed by atoms with Crippen molar-refractivity contribution in [1.82, 2.24) is 5.32 Å². The predicted octanol–water partition coefficient (Wildman–Crippen LogP) is 3.95. The van der Waals surface area contributed by atoms with Crippen LogP contribution in [-0.4, -0.2) is 9.46 Å². The van der Waals surface area contributed by atoms with Gasteiger partial charge in [-0.25, -0.2) is 4.39 Å². The van der Waals surface area contributed by atoms with Gasteiger partial charge in [-0.3, -0.25) is 0 Å². The Hall–Kier alpha value is -0.670. The molecule has 2 rings (SSSR count). The van der Waals surface area contributed by atoms with Gasteiger partial charge >= 0.3 is 0 Å². The summed E-state index contributed by atoms with van der Waals surface area (Å²) in [7, 11) is 0. The van der Waals surface area contributed by atoms with Crippen molar-refractivity contribution in [3.63, 3.8) is 0 Å². The van der Waals surface area contributed by atoms with E-state index in [2.05, 4.69) is 34.0 Å². The van der Waals surface area contributed by atoms with E-state index < -0.39 is 0 Å². The smallest absolute Gasteiger partial charge is 0.123 e. The standard InChI is InChI=1S/C15H18FIN2/c16-13-3-1-2-12(10-13)11-19-14-4-6-15(17,7-5-14)8-9-18/h1-3,10,14,19H,4-8,11H2/t14-,15-. The third-order valence-electron chi connectivity index (χ3n) is 3.76. The van der Waals surface area contributed by atoms with E-state index in [-0.39, 0.29) is 9.24 Å².